The van der Waals surface area contributed by atoms with E-state index in [1.54, 1.807) is 6.07 Å². The van der Waals surface area contributed by atoms with Gasteiger partial charge in [-0.05, 0) is 44.0 Å². The summed E-state index contributed by atoms with van der Waals surface area (Å²) in [5, 5.41) is 9.12. The lowest BCUT2D eigenvalue weighted by molar-refractivity contribution is 0.0696. The predicted octanol–water partition coefficient (Wildman–Crippen LogP) is 3.35. The van der Waals surface area contributed by atoms with E-state index in [4.69, 9.17) is 5.11 Å². The van der Waals surface area contributed by atoms with Gasteiger partial charge in [0, 0.05) is 17.1 Å². The highest BCUT2D eigenvalue weighted by Crippen LogP contribution is 2.21. The molecule has 0 radical (unpaired) electrons. The van der Waals surface area contributed by atoms with Crippen molar-refractivity contribution in [1.29, 1.82) is 0 Å². The summed E-state index contributed by atoms with van der Waals surface area (Å²) in [5.74, 6) is -0.875. The number of benzene rings is 1. The first-order valence-electron chi connectivity index (χ1n) is 6.06. The van der Waals surface area contributed by atoms with E-state index in [-0.39, 0.29) is 0 Å². The van der Waals surface area contributed by atoms with E-state index < -0.39 is 5.97 Å². The number of aryl methyl sites for hydroxylation is 2. The van der Waals surface area contributed by atoms with Crippen molar-refractivity contribution in [3.63, 3.8) is 0 Å². The van der Waals surface area contributed by atoms with E-state index in [1.807, 2.05) is 30.5 Å². The summed E-state index contributed by atoms with van der Waals surface area (Å²) >= 11 is 0. The smallest absolute Gasteiger partial charge is 0.337 e. The average molecular weight is 243 g/mol. The Balaban J connectivity index is 2.53. The van der Waals surface area contributed by atoms with Crippen LogP contribution in [0, 0.1) is 13.8 Å². The van der Waals surface area contributed by atoms with Crippen molar-refractivity contribution >= 4 is 5.97 Å². The first-order valence-corrected chi connectivity index (χ1v) is 6.06. The summed E-state index contributed by atoms with van der Waals surface area (Å²) in [4.78, 5) is 11.1. The summed E-state index contributed by atoms with van der Waals surface area (Å²) in [7, 11) is 0. The molecule has 0 spiro atoms. The first-order chi connectivity index (χ1) is 8.54. The number of carboxylic acid groups (broad SMARTS) is 1. The molecule has 0 amide bonds. The van der Waals surface area contributed by atoms with Crippen molar-refractivity contribution in [2.24, 2.45) is 0 Å². The van der Waals surface area contributed by atoms with E-state index >= 15 is 0 Å². The second kappa shape index (κ2) is 4.69. The molecule has 2 aromatic rings. The zero-order valence-corrected chi connectivity index (χ0v) is 10.9. The number of hydrogen-bond donors (Lipinski definition) is 1. The standard InChI is InChI=1S/C15H17NO2/c1-4-12-5-7-13(8-6-12)16-10(2)9-14(11(16)3)15(17)18/h5-9H,4H2,1-3H3,(H,17,18). The SMILES string of the molecule is CCc1ccc(-n2c(C)cc(C(=O)O)c2C)cc1. The molecule has 18 heavy (non-hydrogen) atoms. The molecule has 2 rings (SSSR count). The van der Waals surface area contributed by atoms with Gasteiger partial charge in [-0.2, -0.15) is 0 Å². The van der Waals surface area contributed by atoms with Crippen LogP contribution in [0.4, 0.5) is 0 Å². The van der Waals surface area contributed by atoms with Gasteiger partial charge >= 0.3 is 5.97 Å². The van der Waals surface area contributed by atoms with E-state index in [0.717, 1.165) is 23.5 Å². The van der Waals surface area contributed by atoms with E-state index in [2.05, 4.69) is 19.1 Å². The van der Waals surface area contributed by atoms with Crippen LogP contribution in [-0.2, 0) is 6.42 Å². The summed E-state index contributed by atoms with van der Waals surface area (Å²) in [6.45, 7) is 5.88. The Kier molecular flexibility index (Phi) is 3.24. The first kappa shape index (κ1) is 12.4. The molecule has 0 bridgehead atoms. The Morgan fingerprint density at radius 3 is 2.28 bits per heavy atom. The van der Waals surface area contributed by atoms with Gasteiger partial charge in [0.05, 0.1) is 5.56 Å². The van der Waals surface area contributed by atoms with Gasteiger partial charge < -0.3 is 9.67 Å². The van der Waals surface area contributed by atoms with Gasteiger partial charge in [-0.1, -0.05) is 19.1 Å². The minimum absolute atomic E-state index is 0.368. The molecule has 0 aliphatic heterocycles. The second-order valence-electron chi connectivity index (χ2n) is 4.45. The highest BCUT2D eigenvalue weighted by molar-refractivity contribution is 5.89. The second-order valence-corrected chi connectivity index (χ2v) is 4.45. The molecule has 0 fully saturated rings. The molecule has 94 valence electrons. The third kappa shape index (κ3) is 2.04. The number of carbonyl (C=O) groups is 1. The number of hydrogen-bond acceptors (Lipinski definition) is 1. The third-order valence-electron chi connectivity index (χ3n) is 3.26. The minimum atomic E-state index is -0.875. The van der Waals surface area contributed by atoms with Gasteiger partial charge in [0.25, 0.3) is 0 Å². The Bertz CT molecular complexity index is 579. The Labute approximate surface area is 107 Å². The maximum Gasteiger partial charge on any atom is 0.337 e. The quantitative estimate of drug-likeness (QED) is 0.898. The van der Waals surface area contributed by atoms with Gasteiger partial charge in [-0.15, -0.1) is 0 Å². The maximum atomic E-state index is 11.1. The van der Waals surface area contributed by atoms with Gasteiger partial charge in [0.1, 0.15) is 0 Å². The largest absolute Gasteiger partial charge is 0.478 e. The lowest BCUT2D eigenvalue weighted by Crippen LogP contribution is -2.02. The molecule has 0 aliphatic carbocycles. The minimum Gasteiger partial charge on any atom is -0.478 e. The molecule has 1 aromatic carbocycles. The number of aromatic nitrogens is 1. The lowest BCUT2D eigenvalue weighted by atomic mass is 10.1. The van der Waals surface area contributed by atoms with Crippen LogP contribution < -0.4 is 0 Å². The summed E-state index contributed by atoms with van der Waals surface area (Å²) in [6, 6.07) is 9.93. The Morgan fingerprint density at radius 2 is 1.83 bits per heavy atom. The number of nitrogens with zero attached hydrogens (tertiary/aromatic N) is 1. The van der Waals surface area contributed by atoms with Crippen molar-refractivity contribution in [2.75, 3.05) is 0 Å². The van der Waals surface area contributed by atoms with Crippen LogP contribution in [0.5, 0.6) is 0 Å². The zero-order valence-electron chi connectivity index (χ0n) is 10.9. The third-order valence-corrected chi connectivity index (χ3v) is 3.26. The van der Waals surface area contributed by atoms with E-state index in [9.17, 15) is 4.79 Å². The van der Waals surface area contributed by atoms with Gasteiger partial charge in [-0.25, -0.2) is 4.79 Å². The Hall–Kier alpha value is -2.03. The molecule has 0 unspecified atom stereocenters. The van der Waals surface area contributed by atoms with Crippen molar-refractivity contribution in [3.8, 4) is 5.69 Å². The maximum absolute atomic E-state index is 11.1. The topological polar surface area (TPSA) is 42.2 Å². The molecule has 1 aromatic heterocycles. The average Bonchev–Trinajstić information content (AvgIpc) is 2.65. The van der Waals surface area contributed by atoms with Crippen LogP contribution in [0.3, 0.4) is 0 Å². The molecule has 0 saturated heterocycles. The van der Waals surface area contributed by atoms with Crippen LogP contribution in [0.2, 0.25) is 0 Å². The molecule has 1 heterocycles. The van der Waals surface area contributed by atoms with Crippen molar-refractivity contribution in [2.45, 2.75) is 27.2 Å². The molecule has 0 saturated carbocycles. The van der Waals surface area contributed by atoms with Crippen molar-refractivity contribution in [1.82, 2.24) is 4.57 Å². The van der Waals surface area contributed by atoms with Crippen molar-refractivity contribution < 1.29 is 9.90 Å². The fourth-order valence-corrected chi connectivity index (χ4v) is 2.26. The summed E-state index contributed by atoms with van der Waals surface area (Å²) in [6.07, 6.45) is 1.00. The molecular formula is C15H17NO2. The summed E-state index contributed by atoms with van der Waals surface area (Å²) in [5.41, 5.74) is 4.36. The summed E-state index contributed by atoms with van der Waals surface area (Å²) < 4.78 is 1.98. The highest BCUT2D eigenvalue weighted by Gasteiger charge is 2.15. The normalized spacial score (nSPS) is 10.6. The molecule has 1 N–H and O–H groups in total. The monoisotopic (exact) mass is 243 g/mol. The van der Waals surface area contributed by atoms with Gasteiger partial charge in [0.15, 0.2) is 0 Å². The zero-order chi connectivity index (χ0) is 13.3. The van der Waals surface area contributed by atoms with Crippen LogP contribution in [0.25, 0.3) is 5.69 Å². The molecule has 0 atom stereocenters. The van der Waals surface area contributed by atoms with Crippen molar-refractivity contribution in [3.05, 3.63) is 52.8 Å². The number of carboxylic acids is 1. The molecule has 3 nitrogen and oxygen atoms in total. The fourth-order valence-electron chi connectivity index (χ4n) is 2.26. The van der Waals surface area contributed by atoms with E-state index in [1.165, 1.54) is 5.56 Å². The van der Waals surface area contributed by atoms with Crippen LogP contribution in [0.1, 0.15) is 34.2 Å². The van der Waals surface area contributed by atoms with Gasteiger partial charge in [-0.3, -0.25) is 0 Å². The van der Waals surface area contributed by atoms with Crippen LogP contribution in [-0.4, -0.2) is 15.6 Å². The van der Waals surface area contributed by atoms with E-state index in [0.29, 0.717) is 5.56 Å². The highest BCUT2D eigenvalue weighted by atomic mass is 16.4. The fraction of sp³-hybridized carbons (Fsp3) is 0.267. The molecule has 3 heteroatoms. The lowest BCUT2D eigenvalue weighted by Gasteiger charge is -2.10. The number of rotatable bonds is 3. The molecule has 0 aliphatic rings. The van der Waals surface area contributed by atoms with Gasteiger partial charge in [0.2, 0.25) is 0 Å². The number of aromatic carboxylic acids is 1. The Morgan fingerprint density at radius 1 is 1.22 bits per heavy atom. The van der Waals surface area contributed by atoms with Crippen LogP contribution in [0.15, 0.2) is 30.3 Å². The van der Waals surface area contributed by atoms with Crippen LogP contribution >= 0.6 is 0 Å². The predicted molar refractivity (Wildman–Crippen MR) is 71.6 cm³/mol. The molecular weight excluding hydrogens is 226 g/mol.